The van der Waals surface area contributed by atoms with E-state index in [1.807, 2.05) is 43.3 Å². The number of para-hydroxylation sites is 1. The van der Waals surface area contributed by atoms with Gasteiger partial charge in [0.1, 0.15) is 11.5 Å². The molecule has 3 rings (SSSR count). The van der Waals surface area contributed by atoms with Crippen molar-refractivity contribution in [3.05, 3.63) is 71.8 Å². The Morgan fingerprint density at radius 2 is 2.00 bits per heavy atom. The molecule has 1 unspecified atom stereocenters. The maximum Gasteiger partial charge on any atom is 0.147 e. The highest BCUT2D eigenvalue weighted by atomic mass is 19.1. The number of anilines is 1. The summed E-state index contributed by atoms with van der Waals surface area (Å²) in [7, 11) is 0. The molecule has 1 atom stereocenters. The lowest BCUT2D eigenvalue weighted by Gasteiger charge is -2.13. The third kappa shape index (κ3) is 3.19. The number of rotatable bonds is 4. The molecule has 0 saturated carbocycles. The highest BCUT2D eigenvalue weighted by Crippen LogP contribution is 2.21. The van der Waals surface area contributed by atoms with E-state index in [4.69, 9.17) is 5.26 Å². The minimum Gasteiger partial charge on any atom is -0.374 e. The number of nitriles is 1. The van der Waals surface area contributed by atoms with E-state index >= 15 is 0 Å². The molecule has 1 N–H and O–H groups in total. The SMILES string of the molecule is CC(Nc1ccc(C#N)cc1F)c1cn(-c2ccccc2)nn1. The Kier molecular flexibility index (Phi) is 4.02. The summed E-state index contributed by atoms with van der Waals surface area (Å²) in [5.41, 5.74) is 2.21. The standard InChI is InChI=1S/C17H14FN5/c1-12(20-16-8-7-13(10-19)9-15(16)18)17-11-23(22-21-17)14-5-3-2-4-6-14/h2-9,11-12,20H,1H3. The predicted octanol–water partition coefficient (Wildman–Crippen LogP) is 3.45. The molecular formula is C17H14FN5. The second-order valence-corrected chi connectivity index (χ2v) is 5.10. The number of benzene rings is 2. The van der Waals surface area contributed by atoms with Gasteiger partial charge in [-0.3, -0.25) is 0 Å². The number of hydrogen-bond acceptors (Lipinski definition) is 4. The maximum atomic E-state index is 13.9. The molecule has 1 aromatic heterocycles. The number of aromatic nitrogens is 3. The monoisotopic (exact) mass is 307 g/mol. The van der Waals surface area contributed by atoms with Crippen molar-refractivity contribution in [1.29, 1.82) is 5.26 Å². The molecule has 0 spiro atoms. The van der Waals surface area contributed by atoms with Gasteiger partial charge in [0, 0.05) is 0 Å². The van der Waals surface area contributed by atoms with Gasteiger partial charge in [0.25, 0.3) is 0 Å². The lowest BCUT2D eigenvalue weighted by Crippen LogP contribution is -2.08. The molecule has 0 radical (unpaired) electrons. The zero-order valence-corrected chi connectivity index (χ0v) is 12.4. The Morgan fingerprint density at radius 3 is 2.70 bits per heavy atom. The third-order valence-electron chi connectivity index (χ3n) is 3.45. The van der Waals surface area contributed by atoms with Crippen LogP contribution >= 0.6 is 0 Å². The molecule has 0 bridgehead atoms. The summed E-state index contributed by atoms with van der Waals surface area (Å²) in [6.45, 7) is 1.87. The second-order valence-electron chi connectivity index (χ2n) is 5.10. The lowest BCUT2D eigenvalue weighted by atomic mass is 10.2. The minimum atomic E-state index is -0.466. The van der Waals surface area contributed by atoms with Gasteiger partial charge in [0.2, 0.25) is 0 Å². The molecule has 0 aliphatic heterocycles. The smallest absolute Gasteiger partial charge is 0.147 e. The van der Waals surface area contributed by atoms with E-state index in [2.05, 4.69) is 15.6 Å². The topological polar surface area (TPSA) is 66.5 Å². The van der Waals surface area contributed by atoms with Gasteiger partial charge in [0.05, 0.1) is 35.2 Å². The molecule has 1 heterocycles. The van der Waals surface area contributed by atoms with Crippen molar-refractivity contribution in [3.63, 3.8) is 0 Å². The molecule has 6 heteroatoms. The fourth-order valence-electron chi connectivity index (χ4n) is 2.19. The van der Waals surface area contributed by atoms with E-state index in [0.29, 0.717) is 11.4 Å². The normalized spacial score (nSPS) is 11.7. The van der Waals surface area contributed by atoms with Gasteiger partial charge in [-0.15, -0.1) is 5.10 Å². The fraction of sp³-hybridized carbons (Fsp3) is 0.118. The third-order valence-corrected chi connectivity index (χ3v) is 3.45. The van der Waals surface area contributed by atoms with Crippen LogP contribution in [0.4, 0.5) is 10.1 Å². The second kappa shape index (κ2) is 6.28. The van der Waals surface area contributed by atoms with E-state index in [9.17, 15) is 4.39 Å². The van der Waals surface area contributed by atoms with Crippen LogP contribution in [0.5, 0.6) is 0 Å². The Balaban J connectivity index is 1.78. The molecule has 0 aliphatic carbocycles. The van der Waals surface area contributed by atoms with Crippen molar-refractivity contribution >= 4 is 5.69 Å². The van der Waals surface area contributed by atoms with Crippen LogP contribution in [0.2, 0.25) is 0 Å². The summed E-state index contributed by atoms with van der Waals surface area (Å²) < 4.78 is 15.6. The van der Waals surface area contributed by atoms with Gasteiger partial charge in [-0.1, -0.05) is 23.4 Å². The lowest BCUT2D eigenvalue weighted by molar-refractivity contribution is 0.626. The van der Waals surface area contributed by atoms with E-state index in [0.717, 1.165) is 5.69 Å². The molecular weight excluding hydrogens is 293 g/mol. The number of hydrogen-bond donors (Lipinski definition) is 1. The average Bonchev–Trinajstić information content (AvgIpc) is 3.07. The first kappa shape index (κ1) is 14.7. The van der Waals surface area contributed by atoms with Gasteiger partial charge in [0.15, 0.2) is 0 Å². The summed E-state index contributed by atoms with van der Waals surface area (Å²) in [5.74, 6) is -0.466. The van der Waals surface area contributed by atoms with Crippen LogP contribution in [0.15, 0.2) is 54.7 Å². The van der Waals surface area contributed by atoms with Crippen molar-refractivity contribution in [1.82, 2.24) is 15.0 Å². The van der Waals surface area contributed by atoms with E-state index in [1.165, 1.54) is 6.07 Å². The number of nitrogens with one attached hydrogen (secondary N) is 1. The summed E-state index contributed by atoms with van der Waals surface area (Å²) in [6.07, 6.45) is 1.80. The minimum absolute atomic E-state index is 0.227. The van der Waals surface area contributed by atoms with Crippen molar-refractivity contribution in [2.75, 3.05) is 5.32 Å². The van der Waals surface area contributed by atoms with Crippen LogP contribution in [-0.2, 0) is 0 Å². The largest absolute Gasteiger partial charge is 0.374 e. The quantitative estimate of drug-likeness (QED) is 0.801. The molecule has 0 aliphatic rings. The van der Waals surface area contributed by atoms with E-state index in [1.54, 1.807) is 23.0 Å². The first-order chi connectivity index (χ1) is 11.2. The average molecular weight is 307 g/mol. The Labute approximate surface area is 133 Å². The van der Waals surface area contributed by atoms with Crippen LogP contribution in [0, 0.1) is 17.1 Å². The molecule has 23 heavy (non-hydrogen) atoms. The van der Waals surface area contributed by atoms with Crippen LogP contribution in [0.25, 0.3) is 5.69 Å². The molecule has 0 fully saturated rings. The van der Waals surface area contributed by atoms with Gasteiger partial charge < -0.3 is 5.32 Å². The van der Waals surface area contributed by atoms with Crippen LogP contribution in [0.3, 0.4) is 0 Å². The van der Waals surface area contributed by atoms with Gasteiger partial charge in [-0.05, 0) is 37.3 Å². The van der Waals surface area contributed by atoms with Crippen molar-refractivity contribution in [2.24, 2.45) is 0 Å². The molecule has 0 saturated heterocycles. The molecule has 114 valence electrons. The first-order valence-electron chi connectivity index (χ1n) is 7.11. The van der Waals surface area contributed by atoms with Crippen LogP contribution in [-0.4, -0.2) is 15.0 Å². The van der Waals surface area contributed by atoms with Crippen molar-refractivity contribution in [3.8, 4) is 11.8 Å². The summed E-state index contributed by atoms with van der Waals surface area (Å²) in [6, 6.07) is 15.6. The highest BCUT2D eigenvalue weighted by molar-refractivity contribution is 5.49. The van der Waals surface area contributed by atoms with Crippen LogP contribution in [0.1, 0.15) is 24.2 Å². The van der Waals surface area contributed by atoms with Gasteiger partial charge in [-0.2, -0.15) is 5.26 Å². The zero-order valence-electron chi connectivity index (χ0n) is 12.4. The first-order valence-corrected chi connectivity index (χ1v) is 7.11. The predicted molar refractivity (Wildman–Crippen MR) is 84.5 cm³/mol. The summed E-state index contributed by atoms with van der Waals surface area (Å²) in [5, 5.41) is 20.0. The highest BCUT2D eigenvalue weighted by Gasteiger charge is 2.13. The number of halogens is 1. The Bertz CT molecular complexity index is 851. The van der Waals surface area contributed by atoms with Gasteiger partial charge in [-0.25, -0.2) is 9.07 Å². The Hall–Kier alpha value is -3.20. The molecule has 5 nitrogen and oxygen atoms in total. The van der Waals surface area contributed by atoms with Crippen molar-refractivity contribution in [2.45, 2.75) is 13.0 Å². The summed E-state index contributed by atoms with van der Waals surface area (Å²) in [4.78, 5) is 0. The fourth-order valence-corrected chi connectivity index (χ4v) is 2.19. The maximum absolute atomic E-state index is 13.9. The Morgan fingerprint density at radius 1 is 1.22 bits per heavy atom. The van der Waals surface area contributed by atoms with Gasteiger partial charge >= 0.3 is 0 Å². The number of nitrogens with zero attached hydrogens (tertiary/aromatic N) is 4. The molecule has 3 aromatic rings. The summed E-state index contributed by atoms with van der Waals surface area (Å²) >= 11 is 0. The van der Waals surface area contributed by atoms with E-state index in [-0.39, 0.29) is 11.6 Å². The zero-order chi connectivity index (χ0) is 16.2. The van der Waals surface area contributed by atoms with Crippen LogP contribution < -0.4 is 5.32 Å². The van der Waals surface area contributed by atoms with E-state index < -0.39 is 5.82 Å². The molecule has 0 amide bonds. The molecule has 2 aromatic carbocycles. The van der Waals surface area contributed by atoms with Crippen molar-refractivity contribution < 1.29 is 4.39 Å².